The van der Waals surface area contributed by atoms with Gasteiger partial charge in [-0.1, -0.05) is 11.3 Å². The summed E-state index contributed by atoms with van der Waals surface area (Å²) in [7, 11) is 1.58. The van der Waals surface area contributed by atoms with E-state index < -0.39 is 0 Å². The van der Waals surface area contributed by atoms with E-state index in [9.17, 15) is 9.59 Å². The number of carbonyl (C=O) groups is 2. The number of carbonyl (C=O) groups excluding carboxylic acids is 2. The molecular formula is C21H23N3O4S. The second kappa shape index (κ2) is 9.49. The largest absolute Gasteiger partial charge is 0.497 e. The first-order chi connectivity index (χ1) is 14.0. The molecule has 1 N–H and O–H groups in total. The van der Waals surface area contributed by atoms with Crippen molar-refractivity contribution in [2.75, 3.05) is 25.6 Å². The maximum atomic E-state index is 12.7. The summed E-state index contributed by atoms with van der Waals surface area (Å²) in [5.41, 5.74) is 2.12. The highest BCUT2D eigenvalue weighted by atomic mass is 32.1. The van der Waals surface area contributed by atoms with Crippen LogP contribution in [0.4, 0.5) is 5.69 Å². The van der Waals surface area contributed by atoms with E-state index in [-0.39, 0.29) is 11.8 Å². The van der Waals surface area contributed by atoms with Crippen LogP contribution in [0.5, 0.6) is 5.75 Å². The fraction of sp³-hybridized carbons (Fsp3) is 0.286. The molecule has 2 amide bonds. The van der Waals surface area contributed by atoms with Crippen LogP contribution in [0.25, 0.3) is 10.2 Å². The van der Waals surface area contributed by atoms with E-state index >= 15 is 0 Å². The molecule has 8 heteroatoms. The van der Waals surface area contributed by atoms with Gasteiger partial charge >= 0.3 is 0 Å². The lowest BCUT2D eigenvalue weighted by molar-refractivity contribution is -0.114. The molecular weight excluding hydrogens is 390 g/mol. The van der Waals surface area contributed by atoms with Crippen molar-refractivity contribution in [2.45, 2.75) is 20.4 Å². The van der Waals surface area contributed by atoms with E-state index in [0.717, 1.165) is 10.2 Å². The van der Waals surface area contributed by atoms with Gasteiger partial charge in [0.15, 0.2) is 4.80 Å². The number of hydrogen-bond donors (Lipinski definition) is 1. The van der Waals surface area contributed by atoms with Crippen molar-refractivity contribution in [1.82, 2.24) is 4.57 Å². The number of nitrogens with one attached hydrogen (secondary N) is 1. The van der Waals surface area contributed by atoms with Crippen LogP contribution in [0.1, 0.15) is 24.2 Å². The van der Waals surface area contributed by atoms with Crippen LogP contribution in [0.2, 0.25) is 0 Å². The first-order valence-electron chi connectivity index (χ1n) is 9.23. The molecule has 3 rings (SSSR count). The summed E-state index contributed by atoms with van der Waals surface area (Å²) >= 11 is 1.40. The molecule has 3 aromatic rings. The maximum absolute atomic E-state index is 12.7. The molecule has 0 spiro atoms. The van der Waals surface area contributed by atoms with E-state index in [1.807, 2.05) is 29.7 Å². The molecule has 152 valence electrons. The van der Waals surface area contributed by atoms with Crippen molar-refractivity contribution in [2.24, 2.45) is 4.99 Å². The average molecular weight is 413 g/mol. The van der Waals surface area contributed by atoms with Gasteiger partial charge in [-0.2, -0.15) is 4.99 Å². The van der Waals surface area contributed by atoms with Crippen molar-refractivity contribution < 1.29 is 19.1 Å². The van der Waals surface area contributed by atoms with Crippen LogP contribution in [0.15, 0.2) is 47.5 Å². The molecule has 1 aromatic heterocycles. The Morgan fingerprint density at radius 1 is 1.17 bits per heavy atom. The number of anilines is 1. The Hall–Kier alpha value is -2.97. The molecule has 29 heavy (non-hydrogen) atoms. The fourth-order valence-corrected chi connectivity index (χ4v) is 3.93. The van der Waals surface area contributed by atoms with Crippen LogP contribution in [0, 0.1) is 0 Å². The Morgan fingerprint density at radius 3 is 2.59 bits per heavy atom. The number of thiazole rings is 1. The monoisotopic (exact) mass is 413 g/mol. The summed E-state index contributed by atoms with van der Waals surface area (Å²) < 4.78 is 13.5. The van der Waals surface area contributed by atoms with Crippen molar-refractivity contribution in [3.63, 3.8) is 0 Å². The fourth-order valence-electron chi connectivity index (χ4n) is 2.84. The predicted octanol–water partition coefficient (Wildman–Crippen LogP) is 3.45. The number of amides is 2. The van der Waals surface area contributed by atoms with Gasteiger partial charge in [0.1, 0.15) is 5.75 Å². The molecule has 0 saturated heterocycles. The molecule has 0 fully saturated rings. The molecule has 0 saturated carbocycles. The Balaban J connectivity index is 2.02. The smallest absolute Gasteiger partial charge is 0.279 e. The van der Waals surface area contributed by atoms with Crippen molar-refractivity contribution in [3.8, 4) is 5.75 Å². The van der Waals surface area contributed by atoms with Gasteiger partial charge in [-0.15, -0.1) is 0 Å². The topological polar surface area (TPSA) is 81.9 Å². The minimum absolute atomic E-state index is 0.135. The van der Waals surface area contributed by atoms with Crippen molar-refractivity contribution in [1.29, 1.82) is 0 Å². The second-order valence-electron chi connectivity index (χ2n) is 6.24. The Bertz CT molecular complexity index is 1080. The normalized spacial score (nSPS) is 11.6. The molecule has 1 heterocycles. The van der Waals surface area contributed by atoms with Gasteiger partial charge < -0.3 is 19.4 Å². The highest BCUT2D eigenvalue weighted by Crippen LogP contribution is 2.22. The number of nitrogens with zero attached hydrogens (tertiary/aromatic N) is 2. The average Bonchev–Trinajstić information content (AvgIpc) is 3.04. The molecule has 0 bridgehead atoms. The van der Waals surface area contributed by atoms with E-state index in [2.05, 4.69) is 10.3 Å². The van der Waals surface area contributed by atoms with E-state index in [1.54, 1.807) is 31.4 Å². The van der Waals surface area contributed by atoms with Gasteiger partial charge in [0.25, 0.3) is 5.91 Å². The van der Waals surface area contributed by atoms with Crippen molar-refractivity contribution in [3.05, 3.63) is 52.8 Å². The SMILES string of the molecule is CCOCCn1c(=NC(=O)c2ccc(OC)cc2)sc2cc(NC(C)=O)ccc21. The number of aromatic nitrogens is 1. The summed E-state index contributed by atoms with van der Waals surface area (Å²) in [6.07, 6.45) is 0. The lowest BCUT2D eigenvalue weighted by Crippen LogP contribution is -2.19. The van der Waals surface area contributed by atoms with Gasteiger partial charge in [-0.05, 0) is 49.4 Å². The lowest BCUT2D eigenvalue weighted by Gasteiger charge is -2.06. The summed E-state index contributed by atoms with van der Waals surface area (Å²) in [5, 5.41) is 2.78. The van der Waals surface area contributed by atoms with Crippen LogP contribution in [-0.2, 0) is 16.1 Å². The van der Waals surface area contributed by atoms with E-state index in [4.69, 9.17) is 9.47 Å². The van der Waals surface area contributed by atoms with Crippen LogP contribution in [0.3, 0.4) is 0 Å². The minimum atomic E-state index is -0.327. The molecule has 0 aliphatic heterocycles. The Morgan fingerprint density at radius 2 is 1.93 bits per heavy atom. The molecule has 0 unspecified atom stereocenters. The number of fused-ring (bicyclic) bond motifs is 1. The summed E-state index contributed by atoms with van der Waals surface area (Å²) in [6.45, 7) is 5.11. The van der Waals surface area contributed by atoms with Crippen LogP contribution < -0.4 is 14.9 Å². The minimum Gasteiger partial charge on any atom is -0.497 e. The molecule has 0 radical (unpaired) electrons. The number of benzene rings is 2. The Labute approximate surface area is 172 Å². The van der Waals surface area contributed by atoms with Gasteiger partial charge in [-0.3, -0.25) is 9.59 Å². The zero-order valence-corrected chi connectivity index (χ0v) is 17.4. The van der Waals surface area contributed by atoms with E-state index in [1.165, 1.54) is 18.3 Å². The van der Waals surface area contributed by atoms with Gasteiger partial charge in [-0.25, -0.2) is 0 Å². The van der Waals surface area contributed by atoms with Gasteiger partial charge in [0.2, 0.25) is 5.91 Å². The van der Waals surface area contributed by atoms with E-state index in [0.29, 0.717) is 41.6 Å². The lowest BCUT2D eigenvalue weighted by atomic mass is 10.2. The third-order valence-electron chi connectivity index (χ3n) is 4.20. The molecule has 0 aliphatic rings. The van der Waals surface area contributed by atoms with Crippen LogP contribution >= 0.6 is 11.3 Å². The standard InChI is InChI=1S/C21H23N3O4S/c1-4-28-12-11-24-18-10-7-16(22-14(2)25)13-19(18)29-21(24)23-20(26)15-5-8-17(27-3)9-6-15/h5-10,13H,4,11-12H2,1-3H3,(H,22,25). The molecule has 7 nitrogen and oxygen atoms in total. The number of hydrogen-bond acceptors (Lipinski definition) is 5. The Kier molecular flexibility index (Phi) is 6.79. The first kappa shape index (κ1) is 20.8. The van der Waals surface area contributed by atoms with Crippen molar-refractivity contribution >= 4 is 39.1 Å². The number of rotatable bonds is 7. The highest BCUT2D eigenvalue weighted by molar-refractivity contribution is 7.16. The third kappa shape index (κ3) is 5.10. The molecule has 0 aliphatic carbocycles. The quantitative estimate of drug-likeness (QED) is 0.602. The first-order valence-corrected chi connectivity index (χ1v) is 10.0. The maximum Gasteiger partial charge on any atom is 0.279 e. The predicted molar refractivity (Wildman–Crippen MR) is 113 cm³/mol. The molecule has 0 atom stereocenters. The third-order valence-corrected chi connectivity index (χ3v) is 5.24. The zero-order chi connectivity index (χ0) is 20.8. The van der Waals surface area contributed by atoms with Gasteiger partial charge in [0.05, 0.1) is 23.9 Å². The number of ether oxygens (including phenoxy) is 2. The second-order valence-corrected chi connectivity index (χ2v) is 7.25. The highest BCUT2D eigenvalue weighted by Gasteiger charge is 2.11. The summed E-state index contributed by atoms with van der Waals surface area (Å²) in [5.74, 6) is 0.219. The van der Waals surface area contributed by atoms with Crippen LogP contribution in [-0.4, -0.2) is 36.7 Å². The molecule has 2 aromatic carbocycles. The summed E-state index contributed by atoms with van der Waals surface area (Å²) in [4.78, 5) is 29.0. The van der Waals surface area contributed by atoms with Gasteiger partial charge in [0, 0.05) is 31.3 Å². The number of methoxy groups -OCH3 is 1. The zero-order valence-electron chi connectivity index (χ0n) is 16.6. The summed E-state index contributed by atoms with van der Waals surface area (Å²) in [6, 6.07) is 12.5.